The Labute approximate surface area is 129 Å². The first kappa shape index (κ1) is 13.6. The molecule has 0 bridgehead atoms. The van der Waals surface area contributed by atoms with Crippen molar-refractivity contribution in [2.45, 2.75) is 25.0 Å². The summed E-state index contributed by atoms with van der Waals surface area (Å²) in [5.74, 6) is 1.29. The minimum absolute atomic E-state index is 0.00647. The second-order valence-corrected chi connectivity index (χ2v) is 6.19. The number of hydrogen-bond donors (Lipinski definition) is 1. The number of aryl methyl sites for hydroxylation is 1. The van der Waals surface area contributed by atoms with E-state index in [1.165, 1.54) is 0 Å². The number of amides is 1. The molecular formula is C17H20N2O3. The maximum absolute atomic E-state index is 12.6. The molecule has 1 aliphatic heterocycles. The molecule has 1 aliphatic carbocycles. The van der Waals surface area contributed by atoms with Gasteiger partial charge in [-0.2, -0.15) is 0 Å². The number of fused-ring (bicyclic) bond motifs is 2. The largest absolute Gasteiger partial charge is 0.497 e. The van der Waals surface area contributed by atoms with Crippen LogP contribution < -0.4 is 10.1 Å². The zero-order chi connectivity index (χ0) is 15.3. The van der Waals surface area contributed by atoms with Gasteiger partial charge in [0.15, 0.2) is 0 Å². The molecular weight excluding hydrogens is 280 g/mol. The van der Waals surface area contributed by atoms with Crippen LogP contribution in [0.2, 0.25) is 0 Å². The summed E-state index contributed by atoms with van der Waals surface area (Å²) in [5, 5.41) is 4.21. The van der Waals surface area contributed by atoms with Crippen LogP contribution in [0.15, 0.2) is 24.3 Å². The molecule has 0 radical (unpaired) electrons. The fourth-order valence-corrected chi connectivity index (χ4v) is 3.66. The van der Waals surface area contributed by atoms with E-state index in [9.17, 15) is 4.79 Å². The average molecular weight is 300 g/mol. The molecule has 0 spiro atoms. The molecule has 1 amide bonds. The van der Waals surface area contributed by atoms with Crippen molar-refractivity contribution in [3.63, 3.8) is 0 Å². The second kappa shape index (κ2) is 5.02. The Hall–Kier alpha value is -2.01. The molecule has 1 aromatic heterocycles. The number of benzene rings is 1. The topological polar surface area (TPSA) is 52.5 Å². The van der Waals surface area contributed by atoms with Crippen LogP contribution in [0.1, 0.15) is 23.3 Å². The van der Waals surface area contributed by atoms with E-state index in [1.807, 2.05) is 35.9 Å². The number of methoxy groups -OCH3 is 1. The van der Waals surface area contributed by atoms with Crippen LogP contribution in [0.25, 0.3) is 10.9 Å². The quantitative estimate of drug-likeness (QED) is 0.944. The second-order valence-electron chi connectivity index (χ2n) is 6.19. The summed E-state index contributed by atoms with van der Waals surface area (Å²) in [6, 6.07) is 8.04. The molecule has 5 heteroatoms. The fourth-order valence-electron chi connectivity index (χ4n) is 3.66. The third-order valence-electron chi connectivity index (χ3n) is 5.07. The molecule has 4 rings (SSSR count). The van der Waals surface area contributed by atoms with E-state index < -0.39 is 0 Å². The summed E-state index contributed by atoms with van der Waals surface area (Å²) in [6.07, 6.45) is 2.36. The average Bonchev–Trinajstić information content (AvgIpc) is 3.05. The Morgan fingerprint density at radius 1 is 1.41 bits per heavy atom. The maximum Gasteiger partial charge on any atom is 0.268 e. The first-order chi connectivity index (χ1) is 10.7. The Balaban J connectivity index is 1.57. The summed E-state index contributed by atoms with van der Waals surface area (Å²) >= 11 is 0. The highest BCUT2D eigenvalue weighted by Crippen LogP contribution is 2.38. The predicted molar refractivity (Wildman–Crippen MR) is 83.2 cm³/mol. The van der Waals surface area contributed by atoms with Gasteiger partial charge in [-0.05, 0) is 31.0 Å². The van der Waals surface area contributed by atoms with E-state index in [1.54, 1.807) is 7.11 Å². The van der Waals surface area contributed by atoms with Crippen molar-refractivity contribution in [3.05, 3.63) is 30.0 Å². The van der Waals surface area contributed by atoms with Crippen molar-refractivity contribution >= 4 is 16.8 Å². The maximum atomic E-state index is 12.6. The number of hydrogen-bond acceptors (Lipinski definition) is 3. The van der Waals surface area contributed by atoms with E-state index in [0.717, 1.165) is 36.1 Å². The molecule has 5 nitrogen and oxygen atoms in total. The third kappa shape index (κ3) is 2.00. The van der Waals surface area contributed by atoms with Gasteiger partial charge in [0.1, 0.15) is 11.4 Å². The lowest BCUT2D eigenvalue weighted by Gasteiger charge is -2.39. The lowest BCUT2D eigenvalue weighted by molar-refractivity contribution is 0.00799. The fraction of sp³-hybridized carbons (Fsp3) is 0.471. The lowest BCUT2D eigenvalue weighted by atomic mass is 9.76. The van der Waals surface area contributed by atoms with Crippen LogP contribution >= 0.6 is 0 Å². The van der Waals surface area contributed by atoms with E-state index in [4.69, 9.17) is 9.47 Å². The van der Waals surface area contributed by atoms with Crippen LogP contribution in [-0.2, 0) is 11.8 Å². The van der Waals surface area contributed by atoms with Gasteiger partial charge in [-0.1, -0.05) is 0 Å². The van der Waals surface area contributed by atoms with Gasteiger partial charge in [-0.15, -0.1) is 0 Å². The summed E-state index contributed by atoms with van der Waals surface area (Å²) in [7, 11) is 3.56. The standard InChI is InChI=1S/C17H20N2O3/c1-19-14-8-11(21-2)4-3-10(14)7-15(19)17(20)18-13-9-16-12(13)5-6-22-16/h3-4,7-8,12-13,16H,5-6,9H2,1-2H3,(H,18,20)/t12-,13+,16+/m0/s1. The first-order valence-corrected chi connectivity index (χ1v) is 7.73. The van der Waals surface area contributed by atoms with Crippen LogP contribution in [0.4, 0.5) is 0 Å². The Morgan fingerprint density at radius 3 is 3.05 bits per heavy atom. The van der Waals surface area contributed by atoms with E-state index in [2.05, 4.69) is 5.32 Å². The smallest absolute Gasteiger partial charge is 0.268 e. The van der Waals surface area contributed by atoms with Crippen LogP contribution in [0, 0.1) is 5.92 Å². The van der Waals surface area contributed by atoms with Crippen molar-refractivity contribution in [2.24, 2.45) is 13.0 Å². The van der Waals surface area contributed by atoms with Crippen molar-refractivity contribution in [1.29, 1.82) is 0 Å². The van der Waals surface area contributed by atoms with Gasteiger partial charge in [0, 0.05) is 37.1 Å². The third-order valence-corrected chi connectivity index (χ3v) is 5.07. The lowest BCUT2D eigenvalue weighted by Crippen LogP contribution is -2.53. The molecule has 2 aromatic rings. The molecule has 0 unspecified atom stereocenters. The molecule has 2 aliphatic rings. The number of aromatic nitrogens is 1. The van der Waals surface area contributed by atoms with Crippen LogP contribution in [0.5, 0.6) is 5.75 Å². The highest BCUT2D eigenvalue weighted by atomic mass is 16.5. The zero-order valence-corrected chi connectivity index (χ0v) is 12.8. The zero-order valence-electron chi connectivity index (χ0n) is 12.8. The van der Waals surface area contributed by atoms with Gasteiger partial charge >= 0.3 is 0 Å². The molecule has 3 atom stereocenters. The number of nitrogens with one attached hydrogen (secondary N) is 1. The number of carbonyl (C=O) groups excluding carboxylic acids is 1. The van der Waals surface area contributed by atoms with Crippen molar-refractivity contribution in [2.75, 3.05) is 13.7 Å². The molecule has 1 aromatic carbocycles. The first-order valence-electron chi connectivity index (χ1n) is 7.73. The summed E-state index contributed by atoms with van der Waals surface area (Å²) < 4.78 is 12.8. The monoisotopic (exact) mass is 300 g/mol. The molecule has 1 N–H and O–H groups in total. The van der Waals surface area contributed by atoms with Crippen molar-refractivity contribution in [3.8, 4) is 5.75 Å². The summed E-state index contributed by atoms with van der Waals surface area (Å²) in [5.41, 5.74) is 1.69. The summed E-state index contributed by atoms with van der Waals surface area (Å²) in [4.78, 5) is 12.6. The highest BCUT2D eigenvalue weighted by molar-refractivity contribution is 5.99. The Morgan fingerprint density at radius 2 is 2.27 bits per heavy atom. The minimum Gasteiger partial charge on any atom is -0.497 e. The van der Waals surface area contributed by atoms with Crippen LogP contribution in [-0.4, -0.2) is 36.3 Å². The van der Waals surface area contributed by atoms with Gasteiger partial charge in [-0.3, -0.25) is 4.79 Å². The Bertz CT molecular complexity index is 737. The van der Waals surface area contributed by atoms with Crippen molar-refractivity contribution in [1.82, 2.24) is 9.88 Å². The Kier molecular flexibility index (Phi) is 3.11. The van der Waals surface area contributed by atoms with Gasteiger partial charge in [0.25, 0.3) is 5.91 Å². The van der Waals surface area contributed by atoms with E-state index >= 15 is 0 Å². The van der Waals surface area contributed by atoms with Gasteiger partial charge in [0.2, 0.25) is 0 Å². The number of rotatable bonds is 3. The van der Waals surface area contributed by atoms with Crippen molar-refractivity contribution < 1.29 is 14.3 Å². The molecule has 2 heterocycles. The predicted octanol–water partition coefficient (Wildman–Crippen LogP) is 2.09. The number of ether oxygens (including phenoxy) is 2. The number of nitrogens with zero attached hydrogens (tertiary/aromatic N) is 1. The molecule has 1 saturated heterocycles. The highest BCUT2D eigenvalue weighted by Gasteiger charge is 2.45. The van der Waals surface area contributed by atoms with E-state index in [-0.39, 0.29) is 11.9 Å². The SMILES string of the molecule is COc1ccc2cc(C(=O)N[C@@H]3C[C@H]4OCC[C@@H]34)n(C)c2c1. The van der Waals surface area contributed by atoms with Gasteiger partial charge in [-0.25, -0.2) is 0 Å². The number of carbonyl (C=O) groups is 1. The molecule has 22 heavy (non-hydrogen) atoms. The molecule has 116 valence electrons. The molecule has 2 fully saturated rings. The molecule has 1 saturated carbocycles. The minimum atomic E-state index is -0.00647. The summed E-state index contributed by atoms with van der Waals surface area (Å²) in [6.45, 7) is 0.829. The van der Waals surface area contributed by atoms with Gasteiger partial charge in [0.05, 0.1) is 18.7 Å². The normalized spacial score (nSPS) is 26.5. The van der Waals surface area contributed by atoms with Crippen LogP contribution in [0.3, 0.4) is 0 Å². The van der Waals surface area contributed by atoms with E-state index in [0.29, 0.717) is 17.7 Å². The van der Waals surface area contributed by atoms with Gasteiger partial charge < -0.3 is 19.4 Å².